The molecule has 1 unspecified atom stereocenters. The highest BCUT2D eigenvalue weighted by atomic mass is 32.2. The summed E-state index contributed by atoms with van der Waals surface area (Å²) < 4.78 is 38.3. The van der Waals surface area contributed by atoms with Crippen molar-refractivity contribution in [2.24, 2.45) is 13.0 Å². The predicted molar refractivity (Wildman–Crippen MR) is 111 cm³/mol. The van der Waals surface area contributed by atoms with Crippen molar-refractivity contribution in [3.63, 3.8) is 0 Å². The minimum Gasteiger partial charge on any atom is -0.311 e. The number of carbonyl (C=O) groups excluding carboxylic acids is 1. The van der Waals surface area contributed by atoms with E-state index in [9.17, 15) is 17.6 Å². The Bertz CT molecular complexity index is 1050. The Kier molecular flexibility index (Phi) is 7.10. The van der Waals surface area contributed by atoms with Gasteiger partial charge in [-0.25, -0.2) is 12.8 Å². The van der Waals surface area contributed by atoms with Gasteiger partial charge in [-0.15, -0.1) is 10.2 Å². The SMILES string of the molecule is Cn1c(CC2CCS(=O)(=O)C2)nnc1SCC(=O)N(CCC#N)c1ccc(F)cc1. The summed E-state index contributed by atoms with van der Waals surface area (Å²) in [6, 6.07) is 7.57. The van der Waals surface area contributed by atoms with E-state index in [-0.39, 0.29) is 42.0 Å². The number of benzene rings is 1. The number of hydrogen-bond acceptors (Lipinski definition) is 7. The summed E-state index contributed by atoms with van der Waals surface area (Å²) in [5.41, 5.74) is 0.526. The van der Waals surface area contributed by atoms with Gasteiger partial charge >= 0.3 is 0 Å². The first-order valence-corrected chi connectivity index (χ1v) is 12.2. The van der Waals surface area contributed by atoms with E-state index in [1.54, 1.807) is 11.6 Å². The predicted octanol–water partition coefficient (Wildman–Crippen LogP) is 1.97. The fourth-order valence-electron chi connectivity index (χ4n) is 3.32. The number of aromatic nitrogens is 3. The molecule has 8 nitrogen and oxygen atoms in total. The topological polar surface area (TPSA) is 109 Å². The highest BCUT2D eigenvalue weighted by molar-refractivity contribution is 7.99. The molecule has 0 saturated carbocycles. The molecule has 1 aliphatic heterocycles. The van der Waals surface area contributed by atoms with Crippen LogP contribution in [0, 0.1) is 23.1 Å². The smallest absolute Gasteiger partial charge is 0.237 e. The summed E-state index contributed by atoms with van der Waals surface area (Å²) >= 11 is 1.22. The molecule has 0 N–H and O–H groups in total. The fourth-order valence-corrected chi connectivity index (χ4v) is 5.99. The van der Waals surface area contributed by atoms with Crippen molar-refractivity contribution in [3.05, 3.63) is 35.9 Å². The van der Waals surface area contributed by atoms with E-state index in [1.165, 1.54) is 40.9 Å². The second-order valence-electron chi connectivity index (χ2n) is 7.15. The van der Waals surface area contributed by atoms with Gasteiger partial charge in [0.05, 0.1) is 29.7 Å². The van der Waals surface area contributed by atoms with Gasteiger partial charge in [0.2, 0.25) is 5.91 Å². The first-order chi connectivity index (χ1) is 14.3. The van der Waals surface area contributed by atoms with E-state index < -0.39 is 15.7 Å². The van der Waals surface area contributed by atoms with E-state index in [0.29, 0.717) is 29.5 Å². The molecule has 1 aromatic heterocycles. The maximum atomic E-state index is 13.2. The minimum atomic E-state index is -2.95. The van der Waals surface area contributed by atoms with Gasteiger partial charge in [-0.1, -0.05) is 11.8 Å². The summed E-state index contributed by atoms with van der Waals surface area (Å²) in [6.07, 6.45) is 1.31. The number of sulfone groups is 1. The Labute approximate surface area is 179 Å². The summed E-state index contributed by atoms with van der Waals surface area (Å²) in [5.74, 6) is 0.562. The Balaban J connectivity index is 1.63. The Morgan fingerprint density at radius 1 is 1.37 bits per heavy atom. The van der Waals surface area contributed by atoms with Crippen LogP contribution in [-0.2, 0) is 28.1 Å². The van der Waals surface area contributed by atoms with Crippen LogP contribution in [0.4, 0.5) is 10.1 Å². The number of nitrogens with zero attached hydrogens (tertiary/aromatic N) is 5. The van der Waals surface area contributed by atoms with Gasteiger partial charge in [-0.05, 0) is 36.6 Å². The number of rotatable bonds is 8. The van der Waals surface area contributed by atoms with E-state index in [0.717, 1.165) is 0 Å². The van der Waals surface area contributed by atoms with Crippen molar-refractivity contribution in [1.29, 1.82) is 5.26 Å². The molecule has 2 heterocycles. The number of anilines is 1. The molecule has 0 radical (unpaired) electrons. The molecule has 1 amide bonds. The zero-order chi connectivity index (χ0) is 21.7. The van der Waals surface area contributed by atoms with E-state index in [4.69, 9.17) is 5.26 Å². The van der Waals surface area contributed by atoms with Crippen LogP contribution in [0.2, 0.25) is 0 Å². The first-order valence-electron chi connectivity index (χ1n) is 9.43. The Morgan fingerprint density at radius 2 is 2.10 bits per heavy atom. The van der Waals surface area contributed by atoms with Crippen molar-refractivity contribution < 1.29 is 17.6 Å². The van der Waals surface area contributed by atoms with Crippen LogP contribution in [0.25, 0.3) is 0 Å². The fraction of sp³-hybridized carbons (Fsp3) is 0.474. The number of thioether (sulfide) groups is 1. The molecule has 1 aliphatic rings. The molecule has 3 rings (SSSR count). The lowest BCUT2D eigenvalue weighted by Gasteiger charge is -2.21. The molecule has 0 bridgehead atoms. The molecule has 1 atom stereocenters. The molecule has 1 aromatic carbocycles. The van der Waals surface area contributed by atoms with Gasteiger partial charge < -0.3 is 9.47 Å². The monoisotopic (exact) mass is 451 g/mol. The molecule has 1 fully saturated rings. The van der Waals surface area contributed by atoms with Crippen LogP contribution in [0.15, 0.2) is 29.4 Å². The average Bonchev–Trinajstić information content (AvgIpc) is 3.23. The maximum Gasteiger partial charge on any atom is 0.237 e. The van der Waals surface area contributed by atoms with Crippen LogP contribution >= 0.6 is 11.8 Å². The van der Waals surface area contributed by atoms with Crippen molar-refractivity contribution in [2.75, 3.05) is 28.7 Å². The molecule has 2 aromatic rings. The standard InChI is InChI=1S/C19H22FN5O3S2/c1-24-17(11-14-7-10-30(27,28)13-14)22-23-19(24)29-12-18(26)25(9-2-8-21)16-5-3-15(20)4-6-16/h3-6,14H,2,7,9-13H2,1H3. The molecule has 0 spiro atoms. The normalized spacial score (nSPS) is 17.6. The molecule has 0 aliphatic carbocycles. The van der Waals surface area contributed by atoms with Crippen LogP contribution in [0.5, 0.6) is 0 Å². The third-order valence-electron chi connectivity index (χ3n) is 4.93. The van der Waals surface area contributed by atoms with E-state index >= 15 is 0 Å². The summed E-state index contributed by atoms with van der Waals surface area (Å²) in [7, 11) is -1.16. The number of carbonyl (C=O) groups is 1. The number of halogens is 1. The summed E-state index contributed by atoms with van der Waals surface area (Å²) in [5, 5.41) is 17.7. The summed E-state index contributed by atoms with van der Waals surface area (Å²) in [6.45, 7) is 0.210. The van der Waals surface area contributed by atoms with Crippen LogP contribution in [0.3, 0.4) is 0 Å². The van der Waals surface area contributed by atoms with Gasteiger partial charge in [-0.2, -0.15) is 5.26 Å². The average molecular weight is 452 g/mol. The van der Waals surface area contributed by atoms with Crippen molar-refractivity contribution in [3.8, 4) is 6.07 Å². The number of amides is 1. The van der Waals surface area contributed by atoms with Crippen molar-refractivity contribution in [1.82, 2.24) is 14.8 Å². The van der Waals surface area contributed by atoms with Crippen molar-refractivity contribution >= 4 is 33.2 Å². The maximum absolute atomic E-state index is 13.2. The number of nitriles is 1. The van der Waals surface area contributed by atoms with Gasteiger partial charge in [0.25, 0.3) is 0 Å². The lowest BCUT2D eigenvalue weighted by molar-refractivity contribution is -0.116. The zero-order valence-electron chi connectivity index (χ0n) is 16.5. The van der Waals surface area contributed by atoms with Gasteiger partial charge in [0.1, 0.15) is 11.6 Å². The molecule has 160 valence electrons. The lowest BCUT2D eigenvalue weighted by atomic mass is 10.1. The Morgan fingerprint density at radius 3 is 2.73 bits per heavy atom. The highest BCUT2D eigenvalue weighted by Crippen LogP contribution is 2.24. The largest absolute Gasteiger partial charge is 0.311 e. The lowest BCUT2D eigenvalue weighted by Crippen LogP contribution is -2.33. The van der Waals surface area contributed by atoms with E-state index in [2.05, 4.69) is 10.2 Å². The first kappa shape index (κ1) is 22.2. The third-order valence-corrected chi connectivity index (χ3v) is 7.78. The van der Waals surface area contributed by atoms with Crippen molar-refractivity contribution in [2.45, 2.75) is 24.4 Å². The second kappa shape index (κ2) is 9.57. The van der Waals surface area contributed by atoms with Gasteiger partial charge in [-0.3, -0.25) is 4.79 Å². The molecular formula is C19H22FN5O3S2. The Hall–Kier alpha value is -2.45. The second-order valence-corrected chi connectivity index (χ2v) is 10.3. The summed E-state index contributed by atoms with van der Waals surface area (Å²) in [4.78, 5) is 14.2. The van der Waals surface area contributed by atoms with Crippen LogP contribution in [0.1, 0.15) is 18.7 Å². The molecule has 11 heteroatoms. The van der Waals surface area contributed by atoms with Gasteiger partial charge in [0, 0.05) is 25.7 Å². The minimum absolute atomic E-state index is 0.0392. The molecular weight excluding hydrogens is 429 g/mol. The third kappa shape index (κ3) is 5.58. The zero-order valence-corrected chi connectivity index (χ0v) is 18.1. The quantitative estimate of drug-likeness (QED) is 0.565. The molecule has 30 heavy (non-hydrogen) atoms. The molecule has 1 saturated heterocycles. The van der Waals surface area contributed by atoms with Crippen LogP contribution in [-0.4, -0.2) is 52.9 Å². The number of hydrogen-bond donors (Lipinski definition) is 0. The van der Waals surface area contributed by atoms with E-state index in [1.807, 2.05) is 6.07 Å². The van der Waals surface area contributed by atoms with Gasteiger partial charge in [0.15, 0.2) is 15.0 Å². The highest BCUT2D eigenvalue weighted by Gasteiger charge is 2.29. The van der Waals surface area contributed by atoms with Crippen LogP contribution < -0.4 is 4.90 Å².